The van der Waals surface area contributed by atoms with E-state index in [1.165, 1.54) is 0 Å². The quantitative estimate of drug-likeness (QED) is 0.342. The SMILES string of the molecule is [N-]=[N+]=NCCN1CCN(c2ccc3c(c2)CN(C2CCC(=O)NC2=O)C3=O)CC1. The maximum absolute atomic E-state index is 12.8. The molecular formula is C19H23N7O3. The van der Waals surface area contributed by atoms with Crippen molar-refractivity contribution in [2.75, 3.05) is 44.2 Å². The van der Waals surface area contributed by atoms with Gasteiger partial charge in [0.05, 0.1) is 0 Å². The summed E-state index contributed by atoms with van der Waals surface area (Å²) in [5.74, 6) is -0.820. The van der Waals surface area contributed by atoms with Crippen molar-refractivity contribution in [3.8, 4) is 0 Å². The van der Waals surface area contributed by atoms with Crippen LogP contribution in [0.15, 0.2) is 23.3 Å². The Labute approximate surface area is 168 Å². The Balaban J connectivity index is 1.41. The number of fused-ring (bicyclic) bond motifs is 1. The molecule has 0 bridgehead atoms. The number of anilines is 1. The minimum absolute atomic E-state index is 0.149. The summed E-state index contributed by atoms with van der Waals surface area (Å²) in [4.78, 5) is 45.2. The molecule has 29 heavy (non-hydrogen) atoms. The lowest BCUT2D eigenvalue weighted by Crippen LogP contribution is -2.52. The Morgan fingerprint density at radius 3 is 2.69 bits per heavy atom. The van der Waals surface area contributed by atoms with Crippen molar-refractivity contribution < 1.29 is 14.4 Å². The van der Waals surface area contributed by atoms with Gasteiger partial charge in [-0.15, -0.1) is 0 Å². The maximum atomic E-state index is 12.8. The fraction of sp³-hybridized carbons (Fsp3) is 0.526. The first-order valence-electron chi connectivity index (χ1n) is 9.82. The van der Waals surface area contributed by atoms with Gasteiger partial charge in [-0.05, 0) is 35.7 Å². The zero-order valence-electron chi connectivity index (χ0n) is 16.1. The number of hydrogen-bond acceptors (Lipinski definition) is 6. The second-order valence-electron chi connectivity index (χ2n) is 7.52. The summed E-state index contributed by atoms with van der Waals surface area (Å²) in [7, 11) is 0. The molecule has 3 amide bonds. The Bertz CT molecular complexity index is 888. The van der Waals surface area contributed by atoms with Gasteiger partial charge in [0.15, 0.2) is 0 Å². The first kappa shape index (κ1) is 19.2. The predicted molar refractivity (Wildman–Crippen MR) is 105 cm³/mol. The van der Waals surface area contributed by atoms with E-state index >= 15 is 0 Å². The van der Waals surface area contributed by atoms with Gasteiger partial charge in [0.1, 0.15) is 6.04 Å². The van der Waals surface area contributed by atoms with Crippen LogP contribution in [0.3, 0.4) is 0 Å². The van der Waals surface area contributed by atoms with E-state index in [9.17, 15) is 14.4 Å². The smallest absolute Gasteiger partial charge is 0.255 e. The predicted octanol–water partition coefficient (Wildman–Crippen LogP) is 0.880. The summed E-state index contributed by atoms with van der Waals surface area (Å²) in [5, 5.41) is 5.91. The minimum atomic E-state index is -0.587. The molecule has 10 nitrogen and oxygen atoms in total. The molecular weight excluding hydrogens is 374 g/mol. The third kappa shape index (κ3) is 3.90. The number of piperazine rings is 1. The average Bonchev–Trinajstić information content (AvgIpc) is 3.04. The largest absolute Gasteiger partial charge is 0.369 e. The van der Waals surface area contributed by atoms with Crippen LogP contribution in [-0.2, 0) is 16.1 Å². The van der Waals surface area contributed by atoms with Crippen LogP contribution in [0.2, 0.25) is 0 Å². The van der Waals surface area contributed by atoms with Gasteiger partial charge in [0.2, 0.25) is 11.8 Å². The summed E-state index contributed by atoms with van der Waals surface area (Å²) in [5.41, 5.74) is 11.0. The second kappa shape index (κ2) is 8.10. The van der Waals surface area contributed by atoms with E-state index in [4.69, 9.17) is 5.53 Å². The van der Waals surface area contributed by atoms with E-state index in [2.05, 4.69) is 25.1 Å². The van der Waals surface area contributed by atoms with E-state index in [0.29, 0.717) is 25.1 Å². The number of amides is 3. The minimum Gasteiger partial charge on any atom is -0.369 e. The number of nitrogens with zero attached hydrogens (tertiary/aromatic N) is 6. The van der Waals surface area contributed by atoms with Crippen molar-refractivity contribution in [2.45, 2.75) is 25.4 Å². The first-order chi connectivity index (χ1) is 14.1. The van der Waals surface area contributed by atoms with Gasteiger partial charge >= 0.3 is 0 Å². The summed E-state index contributed by atoms with van der Waals surface area (Å²) >= 11 is 0. The number of piperidine rings is 1. The van der Waals surface area contributed by atoms with Crippen molar-refractivity contribution in [3.05, 3.63) is 39.8 Å². The molecule has 10 heteroatoms. The molecule has 1 unspecified atom stereocenters. The summed E-state index contributed by atoms with van der Waals surface area (Å²) in [6.45, 7) is 5.13. The molecule has 0 saturated carbocycles. The van der Waals surface area contributed by atoms with Gasteiger partial charge in [-0.2, -0.15) is 0 Å². The van der Waals surface area contributed by atoms with Crippen molar-refractivity contribution in [3.63, 3.8) is 0 Å². The van der Waals surface area contributed by atoms with Crippen molar-refractivity contribution >= 4 is 23.4 Å². The third-order valence-corrected chi connectivity index (χ3v) is 5.82. The Kier molecular flexibility index (Phi) is 5.37. The highest BCUT2D eigenvalue weighted by atomic mass is 16.2. The highest BCUT2D eigenvalue weighted by Gasteiger charge is 2.39. The molecule has 3 aliphatic heterocycles. The van der Waals surface area contributed by atoms with E-state index in [0.717, 1.165) is 44.0 Å². The lowest BCUT2D eigenvalue weighted by Gasteiger charge is -2.36. The van der Waals surface area contributed by atoms with Crippen LogP contribution in [-0.4, -0.2) is 72.8 Å². The monoisotopic (exact) mass is 397 g/mol. The van der Waals surface area contributed by atoms with Crippen molar-refractivity contribution in [1.82, 2.24) is 15.1 Å². The van der Waals surface area contributed by atoms with Crippen LogP contribution in [0.1, 0.15) is 28.8 Å². The van der Waals surface area contributed by atoms with Gasteiger partial charge < -0.3 is 9.80 Å². The summed E-state index contributed by atoms with van der Waals surface area (Å²) in [6, 6.07) is 5.25. The lowest BCUT2D eigenvalue weighted by molar-refractivity contribution is -0.136. The molecule has 3 heterocycles. The number of rotatable bonds is 5. The van der Waals surface area contributed by atoms with Gasteiger partial charge in [0, 0.05) is 68.4 Å². The van der Waals surface area contributed by atoms with Crippen LogP contribution in [0, 0.1) is 0 Å². The van der Waals surface area contributed by atoms with Crippen molar-refractivity contribution in [2.24, 2.45) is 5.11 Å². The second-order valence-corrected chi connectivity index (χ2v) is 7.52. The lowest BCUT2D eigenvalue weighted by atomic mass is 10.0. The highest BCUT2D eigenvalue weighted by Crippen LogP contribution is 2.30. The standard InChI is InChI=1S/C19H23N7O3/c20-23-21-5-6-24-7-9-25(10-8-24)14-1-2-15-13(11-14)12-26(19(15)29)16-3-4-17(27)22-18(16)28/h1-2,11,16H,3-10,12H2,(H,22,27,28). The van der Waals surface area contributed by atoms with Crippen molar-refractivity contribution in [1.29, 1.82) is 0 Å². The molecule has 0 aromatic heterocycles. The number of azide groups is 1. The molecule has 1 aromatic carbocycles. The van der Waals surface area contributed by atoms with E-state index in [-0.39, 0.29) is 24.1 Å². The van der Waals surface area contributed by atoms with Crippen LogP contribution < -0.4 is 10.2 Å². The zero-order chi connectivity index (χ0) is 20.4. The Morgan fingerprint density at radius 1 is 1.17 bits per heavy atom. The Morgan fingerprint density at radius 2 is 1.97 bits per heavy atom. The third-order valence-electron chi connectivity index (χ3n) is 5.82. The summed E-state index contributed by atoms with van der Waals surface area (Å²) in [6.07, 6.45) is 0.626. The molecule has 0 spiro atoms. The fourth-order valence-corrected chi connectivity index (χ4v) is 4.22. The normalized spacial score (nSPS) is 22.3. The molecule has 0 aliphatic carbocycles. The first-order valence-corrected chi connectivity index (χ1v) is 9.82. The van der Waals surface area contributed by atoms with E-state index in [1.807, 2.05) is 18.2 Å². The van der Waals surface area contributed by atoms with Gasteiger partial charge in [-0.3, -0.25) is 24.6 Å². The zero-order valence-corrected chi connectivity index (χ0v) is 16.1. The maximum Gasteiger partial charge on any atom is 0.255 e. The molecule has 0 radical (unpaired) electrons. The van der Waals surface area contributed by atoms with Crippen LogP contribution in [0.25, 0.3) is 10.4 Å². The number of carbonyl (C=O) groups excluding carboxylic acids is 3. The number of nitrogens with one attached hydrogen (secondary N) is 1. The van der Waals surface area contributed by atoms with Crippen LogP contribution in [0.4, 0.5) is 5.69 Å². The van der Waals surface area contributed by atoms with Gasteiger partial charge in [-0.1, -0.05) is 5.11 Å². The fourth-order valence-electron chi connectivity index (χ4n) is 4.22. The highest BCUT2D eigenvalue weighted by molar-refractivity contribution is 6.05. The van der Waals surface area contributed by atoms with Gasteiger partial charge in [0.25, 0.3) is 5.91 Å². The molecule has 152 valence electrons. The van der Waals surface area contributed by atoms with Crippen LogP contribution >= 0.6 is 0 Å². The topological polar surface area (TPSA) is 122 Å². The number of carbonyl (C=O) groups is 3. The molecule has 2 saturated heterocycles. The summed E-state index contributed by atoms with van der Waals surface area (Å²) < 4.78 is 0. The Hall–Kier alpha value is -3.10. The number of hydrogen-bond donors (Lipinski definition) is 1. The molecule has 2 fully saturated rings. The molecule has 4 rings (SSSR count). The molecule has 1 atom stereocenters. The number of imide groups is 1. The van der Waals surface area contributed by atoms with E-state index < -0.39 is 6.04 Å². The molecule has 1 aromatic rings. The van der Waals surface area contributed by atoms with Crippen LogP contribution in [0.5, 0.6) is 0 Å². The van der Waals surface area contributed by atoms with Gasteiger partial charge in [-0.25, -0.2) is 0 Å². The molecule has 1 N–H and O–H groups in total. The van der Waals surface area contributed by atoms with E-state index in [1.54, 1.807) is 4.90 Å². The molecule has 3 aliphatic rings. The average molecular weight is 397 g/mol. The number of benzene rings is 1.